The molecule has 0 aliphatic heterocycles. The summed E-state index contributed by atoms with van der Waals surface area (Å²) in [4.78, 5) is 0.279. The lowest BCUT2D eigenvalue weighted by atomic mass is 10.2. The fourth-order valence-electron chi connectivity index (χ4n) is 2.02. The number of hydrogen-bond donors (Lipinski definition) is 1. The SMILES string of the molecule is CCc1ccc(S(=O)(=O)N(C)c2ccc(C)c(N)c2)cc1. The van der Waals surface area contributed by atoms with Gasteiger partial charge in [0.15, 0.2) is 0 Å². The van der Waals surface area contributed by atoms with E-state index in [1.807, 2.05) is 32.0 Å². The van der Waals surface area contributed by atoms with Crippen LogP contribution in [0, 0.1) is 6.92 Å². The zero-order valence-electron chi connectivity index (χ0n) is 12.5. The lowest BCUT2D eigenvalue weighted by Gasteiger charge is -2.20. The highest BCUT2D eigenvalue weighted by Gasteiger charge is 2.21. The van der Waals surface area contributed by atoms with Crippen molar-refractivity contribution >= 4 is 21.4 Å². The van der Waals surface area contributed by atoms with Gasteiger partial charge in [0.1, 0.15) is 0 Å². The highest BCUT2D eigenvalue weighted by molar-refractivity contribution is 7.92. The van der Waals surface area contributed by atoms with Gasteiger partial charge >= 0.3 is 0 Å². The van der Waals surface area contributed by atoms with Crippen LogP contribution in [0.3, 0.4) is 0 Å². The maximum absolute atomic E-state index is 12.6. The number of nitrogen functional groups attached to an aromatic ring is 1. The van der Waals surface area contributed by atoms with Gasteiger partial charge < -0.3 is 5.73 Å². The van der Waals surface area contributed by atoms with Crippen LogP contribution < -0.4 is 10.0 Å². The number of sulfonamides is 1. The number of anilines is 2. The Kier molecular flexibility index (Phi) is 4.23. The summed E-state index contributed by atoms with van der Waals surface area (Å²) in [5, 5.41) is 0. The van der Waals surface area contributed by atoms with Gasteiger partial charge in [0.05, 0.1) is 10.6 Å². The Balaban J connectivity index is 2.39. The molecule has 0 bridgehead atoms. The molecule has 0 aliphatic rings. The smallest absolute Gasteiger partial charge is 0.264 e. The van der Waals surface area contributed by atoms with Crippen molar-refractivity contribution in [2.75, 3.05) is 17.1 Å². The van der Waals surface area contributed by atoms with Gasteiger partial charge in [0.25, 0.3) is 10.0 Å². The van der Waals surface area contributed by atoms with Crippen LogP contribution in [0.15, 0.2) is 47.4 Å². The molecule has 2 N–H and O–H groups in total. The molecule has 0 saturated heterocycles. The first-order valence-electron chi connectivity index (χ1n) is 6.80. The summed E-state index contributed by atoms with van der Waals surface area (Å²) in [5.41, 5.74) is 9.02. The molecule has 0 aliphatic carbocycles. The first kappa shape index (κ1) is 15.4. The van der Waals surface area contributed by atoms with Crippen LogP contribution in [0.1, 0.15) is 18.1 Å². The molecule has 4 nitrogen and oxygen atoms in total. The maximum Gasteiger partial charge on any atom is 0.264 e. The van der Waals surface area contributed by atoms with E-state index in [-0.39, 0.29) is 4.90 Å². The second-order valence-electron chi connectivity index (χ2n) is 5.01. The van der Waals surface area contributed by atoms with Crippen molar-refractivity contribution in [1.29, 1.82) is 0 Å². The number of aryl methyl sites for hydroxylation is 2. The molecule has 0 unspecified atom stereocenters. The van der Waals surface area contributed by atoms with Crippen molar-refractivity contribution in [2.24, 2.45) is 0 Å². The van der Waals surface area contributed by atoms with E-state index in [4.69, 9.17) is 5.73 Å². The minimum absolute atomic E-state index is 0.279. The molecular weight excluding hydrogens is 284 g/mol. The highest BCUT2D eigenvalue weighted by Crippen LogP contribution is 2.25. The largest absolute Gasteiger partial charge is 0.398 e. The molecule has 2 aromatic carbocycles. The summed E-state index contributed by atoms with van der Waals surface area (Å²) in [5.74, 6) is 0. The van der Waals surface area contributed by atoms with E-state index in [0.29, 0.717) is 11.4 Å². The Labute approximate surface area is 126 Å². The Morgan fingerprint density at radius 1 is 1.10 bits per heavy atom. The molecule has 2 aromatic rings. The molecule has 0 saturated carbocycles. The Morgan fingerprint density at radius 3 is 2.24 bits per heavy atom. The molecule has 0 atom stereocenters. The first-order chi connectivity index (χ1) is 9.86. The molecule has 0 heterocycles. The number of benzene rings is 2. The summed E-state index contributed by atoms with van der Waals surface area (Å²) in [6.45, 7) is 3.92. The van der Waals surface area contributed by atoms with Crippen molar-refractivity contribution in [3.8, 4) is 0 Å². The van der Waals surface area contributed by atoms with Gasteiger partial charge in [-0.05, 0) is 48.7 Å². The zero-order valence-corrected chi connectivity index (χ0v) is 13.3. The zero-order chi connectivity index (χ0) is 15.6. The molecule has 0 spiro atoms. The van der Waals surface area contributed by atoms with Crippen LogP contribution in [-0.2, 0) is 16.4 Å². The van der Waals surface area contributed by atoms with E-state index >= 15 is 0 Å². The molecular formula is C16H20N2O2S. The number of rotatable bonds is 4. The van der Waals surface area contributed by atoms with Gasteiger partial charge in [-0.1, -0.05) is 25.1 Å². The molecule has 0 aromatic heterocycles. The lowest BCUT2D eigenvalue weighted by Crippen LogP contribution is -2.26. The minimum Gasteiger partial charge on any atom is -0.398 e. The van der Waals surface area contributed by atoms with Crippen molar-refractivity contribution in [2.45, 2.75) is 25.2 Å². The van der Waals surface area contributed by atoms with Crippen LogP contribution in [0.2, 0.25) is 0 Å². The Hall–Kier alpha value is -2.01. The first-order valence-corrected chi connectivity index (χ1v) is 8.24. The molecule has 21 heavy (non-hydrogen) atoms. The normalized spacial score (nSPS) is 11.4. The van der Waals surface area contributed by atoms with E-state index in [1.54, 1.807) is 24.3 Å². The van der Waals surface area contributed by atoms with Crippen molar-refractivity contribution < 1.29 is 8.42 Å². The monoisotopic (exact) mass is 304 g/mol. The van der Waals surface area contributed by atoms with Crippen LogP contribution in [0.4, 0.5) is 11.4 Å². The molecule has 0 radical (unpaired) electrons. The van der Waals surface area contributed by atoms with E-state index < -0.39 is 10.0 Å². The molecule has 5 heteroatoms. The van der Waals surface area contributed by atoms with Gasteiger partial charge in [-0.2, -0.15) is 0 Å². The summed E-state index contributed by atoms with van der Waals surface area (Å²) in [6, 6.07) is 12.2. The minimum atomic E-state index is -3.57. The second kappa shape index (κ2) is 5.77. The number of nitrogens with zero attached hydrogens (tertiary/aromatic N) is 1. The quantitative estimate of drug-likeness (QED) is 0.883. The fourth-order valence-corrected chi connectivity index (χ4v) is 3.21. The third kappa shape index (κ3) is 3.03. The predicted octanol–water partition coefficient (Wildman–Crippen LogP) is 2.96. The second-order valence-corrected chi connectivity index (χ2v) is 6.98. The summed E-state index contributed by atoms with van der Waals surface area (Å²) < 4.78 is 26.5. The van der Waals surface area contributed by atoms with Crippen LogP contribution >= 0.6 is 0 Å². The third-order valence-electron chi connectivity index (χ3n) is 3.62. The fraction of sp³-hybridized carbons (Fsp3) is 0.250. The third-order valence-corrected chi connectivity index (χ3v) is 5.42. The van der Waals surface area contributed by atoms with Crippen molar-refractivity contribution in [3.05, 3.63) is 53.6 Å². The van der Waals surface area contributed by atoms with Gasteiger partial charge in [-0.3, -0.25) is 4.31 Å². The molecule has 112 valence electrons. The van der Waals surface area contributed by atoms with Gasteiger partial charge in [-0.25, -0.2) is 8.42 Å². The number of nitrogens with two attached hydrogens (primary N) is 1. The van der Waals surface area contributed by atoms with E-state index in [2.05, 4.69) is 0 Å². The molecule has 2 rings (SSSR count). The topological polar surface area (TPSA) is 63.4 Å². The van der Waals surface area contributed by atoms with E-state index in [0.717, 1.165) is 17.5 Å². The Bertz CT molecular complexity index is 737. The lowest BCUT2D eigenvalue weighted by molar-refractivity contribution is 0.594. The van der Waals surface area contributed by atoms with E-state index in [1.165, 1.54) is 11.4 Å². The van der Waals surface area contributed by atoms with Crippen molar-refractivity contribution in [3.63, 3.8) is 0 Å². The van der Waals surface area contributed by atoms with Crippen LogP contribution in [0.5, 0.6) is 0 Å². The standard InChI is InChI=1S/C16H20N2O2S/c1-4-13-6-9-15(10-7-13)21(19,20)18(3)14-8-5-12(2)16(17)11-14/h5-11H,4,17H2,1-3H3. The Morgan fingerprint density at radius 2 is 1.71 bits per heavy atom. The van der Waals surface area contributed by atoms with Crippen molar-refractivity contribution in [1.82, 2.24) is 0 Å². The van der Waals surface area contributed by atoms with Gasteiger partial charge in [0, 0.05) is 12.7 Å². The average Bonchev–Trinajstić information content (AvgIpc) is 2.49. The average molecular weight is 304 g/mol. The summed E-state index contributed by atoms with van der Waals surface area (Å²) in [7, 11) is -2.03. The summed E-state index contributed by atoms with van der Waals surface area (Å²) >= 11 is 0. The van der Waals surface area contributed by atoms with Crippen LogP contribution in [0.25, 0.3) is 0 Å². The molecule has 0 amide bonds. The van der Waals surface area contributed by atoms with Gasteiger partial charge in [-0.15, -0.1) is 0 Å². The predicted molar refractivity (Wildman–Crippen MR) is 87.0 cm³/mol. The maximum atomic E-state index is 12.6. The van der Waals surface area contributed by atoms with E-state index in [9.17, 15) is 8.42 Å². The van der Waals surface area contributed by atoms with Crippen LogP contribution in [-0.4, -0.2) is 15.5 Å². The molecule has 0 fully saturated rings. The highest BCUT2D eigenvalue weighted by atomic mass is 32.2. The summed E-state index contributed by atoms with van der Waals surface area (Å²) in [6.07, 6.45) is 0.880. The number of hydrogen-bond acceptors (Lipinski definition) is 3. The van der Waals surface area contributed by atoms with Gasteiger partial charge in [0.2, 0.25) is 0 Å².